The van der Waals surface area contributed by atoms with Gasteiger partial charge in [-0.15, -0.1) is 0 Å². The monoisotopic (exact) mass is 838 g/mol. The third-order valence-corrected chi connectivity index (χ3v) is 13.0. The van der Waals surface area contributed by atoms with Gasteiger partial charge in [-0.2, -0.15) is 0 Å². The van der Waals surface area contributed by atoms with Crippen LogP contribution in [0.2, 0.25) is 0 Å². The van der Waals surface area contributed by atoms with Gasteiger partial charge in [-0.1, -0.05) is 61.5 Å². The van der Waals surface area contributed by atoms with Gasteiger partial charge in [-0.05, 0) is 68.3 Å². The summed E-state index contributed by atoms with van der Waals surface area (Å²) in [6.07, 6.45) is -8.57. The first-order valence-corrected chi connectivity index (χ1v) is 20.2. The van der Waals surface area contributed by atoms with Crippen molar-refractivity contribution in [3.8, 4) is 0 Å². The van der Waals surface area contributed by atoms with Crippen molar-refractivity contribution in [1.82, 2.24) is 0 Å². The van der Waals surface area contributed by atoms with Crippen molar-refractivity contribution < 1.29 is 67.0 Å². The zero-order valence-electron chi connectivity index (χ0n) is 35.1. The first-order valence-electron chi connectivity index (χ1n) is 20.2. The second-order valence-electron chi connectivity index (χ2n) is 17.0. The molecule has 4 aliphatic rings. The molecule has 10 atom stereocenters. The predicted molar refractivity (Wildman–Crippen MR) is 215 cm³/mol. The Morgan fingerprint density at radius 2 is 1.15 bits per heavy atom. The second-order valence-corrected chi connectivity index (χ2v) is 17.0. The summed E-state index contributed by atoms with van der Waals surface area (Å²) in [5.74, 6) is -6.04. The third-order valence-electron chi connectivity index (χ3n) is 13.0. The van der Waals surface area contributed by atoms with E-state index in [0.717, 1.165) is 0 Å². The largest absolute Gasteiger partial charge is 0.462 e. The van der Waals surface area contributed by atoms with Gasteiger partial charge in [0.2, 0.25) is 0 Å². The zero-order chi connectivity index (χ0) is 44.1. The molecule has 0 spiro atoms. The van der Waals surface area contributed by atoms with Crippen molar-refractivity contribution in [3.05, 3.63) is 119 Å². The number of aliphatic hydroxyl groups is 1. The number of carbonyl (C=O) groups is 6. The molecule has 3 aliphatic carbocycles. The van der Waals surface area contributed by atoms with Gasteiger partial charge in [-0.3, -0.25) is 14.4 Å². The summed E-state index contributed by atoms with van der Waals surface area (Å²) < 4.78 is 44.7. The first kappa shape index (κ1) is 43.2. The maximum Gasteiger partial charge on any atom is 0.338 e. The molecule has 0 aromatic heterocycles. The number of esters is 6. The lowest BCUT2D eigenvalue weighted by atomic mass is 9.49. The van der Waals surface area contributed by atoms with E-state index in [4.69, 9.17) is 33.2 Å². The van der Waals surface area contributed by atoms with Crippen molar-refractivity contribution in [2.75, 3.05) is 6.61 Å². The van der Waals surface area contributed by atoms with Crippen molar-refractivity contribution in [2.24, 2.45) is 16.7 Å². The fraction of sp³-hybridized carbons (Fsp3) is 0.447. The average Bonchev–Trinajstić information content (AvgIpc) is 3.47. The van der Waals surface area contributed by atoms with Gasteiger partial charge in [0.25, 0.3) is 0 Å². The number of benzene rings is 3. The lowest BCUT2D eigenvalue weighted by Gasteiger charge is -2.65. The van der Waals surface area contributed by atoms with Crippen LogP contribution in [0, 0.1) is 16.7 Å². The van der Waals surface area contributed by atoms with E-state index >= 15 is 0 Å². The van der Waals surface area contributed by atoms with Crippen molar-refractivity contribution in [1.29, 1.82) is 0 Å². The highest BCUT2D eigenvalue weighted by Crippen LogP contribution is 2.69. The predicted octanol–water partition coefficient (Wildman–Crippen LogP) is 5.74. The van der Waals surface area contributed by atoms with Crippen LogP contribution in [0.15, 0.2) is 102 Å². The maximum atomic E-state index is 14.7. The van der Waals surface area contributed by atoms with Gasteiger partial charge in [-0.25, -0.2) is 14.4 Å². The van der Waals surface area contributed by atoms with E-state index in [-0.39, 0.29) is 41.7 Å². The molecule has 14 heteroatoms. The normalized spacial score (nSPS) is 31.4. The molecular weight excluding hydrogens is 789 g/mol. The van der Waals surface area contributed by atoms with E-state index in [1.807, 2.05) is 0 Å². The van der Waals surface area contributed by atoms with Crippen LogP contribution in [0.25, 0.3) is 0 Å². The van der Waals surface area contributed by atoms with Crippen molar-refractivity contribution in [2.45, 2.75) is 109 Å². The van der Waals surface area contributed by atoms with Crippen LogP contribution in [-0.2, 0) is 47.5 Å². The molecule has 322 valence electrons. The van der Waals surface area contributed by atoms with Crippen LogP contribution in [0.1, 0.15) is 92.4 Å². The van der Waals surface area contributed by atoms with Crippen molar-refractivity contribution >= 4 is 35.8 Å². The Hall–Kier alpha value is -5.86. The minimum absolute atomic E-state index is 0.0957. The summed E-state index contributed by atoms with van der Waals surface area (Å²) in [6, 6.07) is 24.2. The standard InChI is InChI=1S/C47H50O14/c1-26-33(56-27(2)48)24-46(44(5,6)54)36(26)37(58-41(51)30-17-11-8-12-18-30)39(59-42(52)31-19-13-9-14-20-31)45(7)34(57-28(3)49)23-35-47(25-55-35,61-29(4)50)38(45)40(46)60-43(53)32-21-15-10-16-22-32/h8-22,33-35,37-40,54H,23-25H2,1-7H3/t33-,34+,35+,37+,38+,39-,40+,45+,46-,47-/m0/s1. The molecule has 14 nitrogen and oxygen atoms in total. The first-order chi connectivity index (χ1) is 28.8. The summed E-state index contributed by atoms with van der Waals surface area (Å²) in [5, 5.41) is 13.0. The van der Waals surface area contributed by atoms with E-state index in [0.29, 0.717) is 5.57 Å². The minimum atomic E-state index is -1.97. The summed E-state index contributed by atoms with van der Waals surface area (Å²) in [6.45, 7) is 9.67. The Bertz CT molecular complexity index is 2230. The molecule has 1 saturated heterocycles. The molecule has 2 saturated carbocycles. The fourth-order valence-corrected chi connectivity index (χ4v) is 10.4. The highest BCUT2D eigenvalue weighted by atomic mass is 16.6. The van der Waals surface area contributed by atoms with E-state index < -0.39 is 100 Å². The fourth-order valence-electron chi connectivity index (χ4n) is 10.4. The quantitative estimate of drug-likeness (QED) is 0.148. The Labute approximate surface area is 353 Å². The van der Waals surface area contributed by atoms with Gasteiger partial charge >= 0.3 is 35.8 Å². The minimum Gasteiger partial charge on any atom is -0.462 e. The smallest absolute Gasteiger partial charge is 0.338 e. The second kappa shape index (κ2) is 16.2. The van der Waals surface area contributed by atoms with Gasteiger partial charge in [0.05, 0.1) is 45.6 Å². The number of hydrogen-bond acceptors (Lipinski definition) is 14. The summed E-state index contributed by atoms with van der Waals surface area (Å²) >= 11 is 0. The van der Waals surface area contributed by atoms with Crippen LogP contribution in [0.5, 0.6) is 0 Å². The average molecular weight is 839 g/mol. The Kier molecular flexibility index (Phi) is 11.5. The summed E-state index contributed by atoms with van der Waals surface area (Å²) in [7, 11) is 0. The SMILES string of the molecule is CC(=O)O[C@H]1C[C@]2(C(C)(C)O)C(=C1C)[C@@H](OC(=O)c1ccccc1)[C@H](OC(=O)c1ccccc1)[C@]1(C)[C@H](OC(C)=O)C[C@H]3OC[C@@]3(OC(C)=O)[C@@H]1[C@H]2OC(=O)c1ccccc1. The summed E-state index contributed by atoms with van der Waals surface area (Å²) in [4.78, 5) is 83.3. The lowest BCUT2D eigenvalue weighted by molar-refractivity contribution is -0.351. The number of rotatable bonds is 10. The highest BCUT2D eigenvalue weighted by molar-refractivity contribution is 5.91. The van der Waals surface area contributed by atoms with Gasteiger partial charge in [0.15, 0.2) is 17.8 Å². The van der Waals surface area contributed by atoms with E-state index in [1.54, 1.807) is 80.6 Å². The molecule has 0 amide bonds. The molecule has 3 fully saturated rings. The van der Waals surface area contributed by atoms with E-state index in [1.165, 1.54) is 58.9 Å². The van der Waals surface area contributed by atoms with Gasteiger partial charge < -0.3 is 38.3 Å². The Balaban J connectivity index is 1.62. The molecule has 1 heterocycles. The molecule has 0 radical (unpaired) electrons. The highest BCUT2D eigenvalue weighted by Gasteiger charge is 2.81. The summed E-state index contributed by atoms with van der Waals surface area (Å²) in [5.41, 5.74) is -6.53. The van der Waals surface area contributed by atoms with Crippen LogP contribution in [0.3, 0.4) is 0 Å². The topological polar surface area (TPSA) is 187 Å². The van der Waals surface area contributed by atoms with Crippen molar-refractivity contribution in [3.63, 3.8) is 0 Å². The molecule has 0 bridgehead atoms. The number of carbonyl (C=O) groups excluding carboxylic acids is 6. The molecule has 3 aromatic rings. The molecular formula is C47H50O14. The maximum absolute atomic E-state index is 14.7. The Morgan fingerprint density at radius 3 is 1.57 bits per heavy atom. The molecule has 7 rings (SSSR count). The number of hydrogen-bond donors (Lipinski definition) is 1. The van der Waals surface area contributed by atoms with E-state index in [2.05, 4.69) is 0 Å². The van der Waals surface area contributed by atoms with Crippen LogP contribution in [-0.4, -0.2) is 95.4 Å². The zero-order valence-corrected chi connectivity index (χ0v) is 35.1. The van der Waals surface area contributed by atoms with Gasteiger partial charge in [0, 0.05) is 33.6 Å². The molecule has 1 aliphatic heterocycles. The lowest BCUT2D eigenvalue weighted by Crippen LogP contribution is -2.79. The number of ether oxygens (including phenoxy) is 7. The van der Waals surface area contributed by atoms with Gasteiger partial charge in [0.1, 0.15) is 24.4 Å². The number of fused-ring (bicyclic) bond motifs is 4. The molecule has 3 aromatic carbocycles. The third kappa shape index (κ3) is 7.39. The molecule has 1 N–H and O–H groups in total. The van der Waals surface area contributed by atoms with E-state index in [9.17, 15) is 33.9 Å². The Morgan fingerprint density at radius 1 is 0.672 bits per heavy atom. The van der Waals surface area contributed by atoms with Crippen LogP contribution in [0.4, 0.5) is 0 Å². The van der Waals surface area contributed by atoms with Crippen LogP contribution < -0.4 is 0 Å². The molecule has 0 unspecified atom stereocenters. The molecule has 61 heavy (non-hydrogen) atoms. The van der Waals surface area contributed by atoms with Crippen LogP contribution >= 0.6 is 0 Å².